The molecule has 0 nitrogen and oxygen atoms in total. The van der Waals surface area contributed by atoms with Crippen LogP contribution in [-0.2, 0) is 5.41 Å². The summed E-state index contributed by atoms with van der Waals surface area (Å²) in [6, 6.07) is 105. The van der Waals surface area contributed by atoms with Gasteiger partial charge in [-0.05, 0) is 158 Å². The molecule has 2 aromatic heterocycles. The smallest absolute Gasteiger partial charge is 0.0725 e. The summed E-state index contributed by atoms with van der Waals surface area (Å²) in [6.07, 6.45) is 9.12. The van der Waals surface area contributed by atoms with Gasteiger partial charge in [-0.1, -0.05) is 282 Å². The van der Waals surface area contributed by atoms with Crippen molar-refractivity contribution in [2.24, 2.45) is 0 Å². The maximum Gasteiger partial charge on any atom is 0.0725 e. The maximum absolute atomic E-state index is 2.46. The van der Waals surface area contributed by atoms with Gasteiger partial charge in [-0.2, -0.15) is 0 Å². The molecular formula is C77H50P2. The van der Waals surface area contributed by atoms with Crippen LogP contribution in [0.2, 0.25) is 0 Å². The molecule has 1 spiro atoms. The number of fused-ring (bicyclic) bond motifs is 16. The highest BCUT2D eigenvalue weighted by molar-refractivity contribution is 7.68. The van der Waals surface area contributed by atoms with Gasteiger partial charge in [-0.25, -0.2) is 0 Å². The molecule has 2 atom stereocenters. The van der Waals surface area contributed by atoms with E-state index in [4.69, 9.17) is 0 Å². The fourth-order valence-corrected chi connectivity index (χ4v) is 18.6. The maximum atomic E-state index is 2.46. The van der Waals surface area contributed by atoms with Crippen molar-refractivity contribution in [3.63, 3.8) is 0 Å². The van der Waals surface area contributed by atoms with Gasteiger partial charge in [0.05, 0.1) is 5.41 Å². The summed E-state index contributed by atoms with van der Waals surface area (Å²) in [7, 11) is -1.14. The first-order valence-electron chi connectivity index (χ1n) is 27.4. The van der Waals surface area contributed by atoms with Crippen molar-refractivity contribution in [1.82, 2.24) is 0 Å². The molecule has 79 heavy (non-hydrogen) atoms. The van der Waals surface area contributed by atoms with Gasteiger partial charge in [0.2, 0.25) is 0 Å². The minimum Gasteiger partial charge on any atom is -0.0772 e. The Morgan fingerprint density at radius 2 is 0.570 bits per heavy atom. The van der Waals surface area contributed by atoms with E-state index < -0.39 is 20.5 Å². The third-order valence-corrected chi connectivity index (χ3v) is 22.1. The van der Waals surface area contributed by atoms with Crippen LogP contribution in [0.15, 0.2) is 279 Å². The topological polar surface area (TPSA) is 0 Å². The predicted octanol–water partition coefficient (Wildman–Crippen LogP) is 22.3. The molecule has 2 heteroatoms. The SMILES string of the molecule is C(=C\c1ccc2c(c1)C1(c3ccccc3-c3ccccc31)c1cc(/C=C/c3ccc(-c4ccc5c(c4)c4ccccc4p5-c4ccccc4)cc3)ccc1-2)/c1ccc(-c2ccc3c(c2)c2ccccc2p3-c2ccccc2)cc1. The minimum absolute atomic E-state index is 0.452. The first-order chi connectivity index (χ1) is 39.2. The van der Waals surface area contributed by atoms with E-state index in [1.165, 1.54) is 142 Å². The third kappa shape index (κ3) is 7.30. The lowest BCUT2D eigenvalue weighted by Crippen LogP contribution is -2.26. The van der Waals surface area contributed by atoms with Gasteiger partial charge in [-0.15, -0.1) is 0 Å². The molecule has 0 saturated carbocycles. The molecule has 0 radical (unpaired) electrons. The van der Waals surface area contributed by atoms with Gasteiger partial charge in [-0.3, -0.25) is 0 Å². The molecule has 2 aliphatic rings. The normalized spacial score (nSPS) is 13.5. The van der Waals surface area contributed by atoms with E-state index in [0.717, 1.165) is 0 Å². The van der Waals surface area contributed by atoms with Crippen LogP contribution in [0.3, 0.4) is 0 Å². The molecule has 0 aliphatic heterocycles. The Morgan fingerprint density at radius 1 is 0.228 bits per heavy atom. The van der Waals surface area contributed by atoms with E-state index in [1.54, 1.807) is 0 Å². The first-order valence-corrected chi connectivity index (χ1v) is 30.1. The van der Waals surface area contributed by atoms with Gasteiger partial charge in [0, 0.05) is 20.5 Å². The molecule has 0 N–H and O–H groups in total. The second-order valence-electron chi connectivity index (χ2n) is 21.2. The van der Waals surface area contributed by atoms with Crippen LogP contribution in [0.25, 0.3) is 121 Å². The summed E-state index contributed by atoms with van der Waals surface area (Å²) in [5.74, 6) is 0. The van der Waals surface area contributed by atoms with Crippen LogP contribution in [0.1, 0.15) is 44.5 Å². The highest BCUT2D eigenvalue weighted by atomic mass is 31.1. The van der Waals surface area contributed by atoms with E-state index >= 15 is 0 Å². The highest BCUT2D eigenvalue weighted by Gasteiger charge is 2.51. The Balaban J connectivity index is 0.711. The molecular weight excluding hydrogens is 987 g/mol. The van der Waals surface area contributed by atoms with E-state index in [2.05, 4.69) is 303 Å². The summed E-state index contributed by atoms with van der Waals surface area (Å²) < 4.78 is 0. The van der Waals surface area contributed by atoms with Gasteiger partial charge in [0.25, 0.3) is 0 Å². The molecule has 2 heterocycles. The summed E-state index contributed by atoms with van der Waals surface area (Å²) in [5, 5.41) is 14.1. The molecule has 0 fully saturated rings. The fourth-order valence-electron chi connectivity index (χ4n) is 13.4. The van der Waals surface area contributed by atoms with E-state index in [9.17, 15) is 0 Å². The van der Waals surface area contributed by atoms with Crippen molar-refractivity contribution >= 4 is 81.4 Å². The number of benzene rings is 12. The van der Waals surface area contributed by atoms with Gasteiger partial charge < -0.3 is 0 Å². The molecule has 2 aliphatic carbocycles. The number of hydrogen-bond donors (Lipinski definition) is 0. The summed E-state index contributed by atoms with van der Waals surface area (Å²) in [6.45, 7) is 0. The third-order valence-electron chi connectivity index (χ3n) is 16.9. The molecule has 0 bridgehead atoms. The standard InChI is InChI=1S/C77H50P2/c1-3-15-59(16-4-1)78-73-25-13-9-21-65(73)67-49-57(41-45-75(67)78)55-37-31-51(32-38-55)27-29-53-35-43-63-64-44-36-54(48-72(64)77(71(63)47-53)69-23-11-7-19-61(69)62-20-8-12-24-70(62)77)30-28-52-33-39-56(40-34-52)58-42-46-76-68(50-58)66-22-10-14-26-74(66)79(76)60-17-5-2-6-18-60/h1-50H/b29-27+,30-28+. The average molecular weight is 1040 g/mol. The van der Waals surface area contributed by atoms with Crippen LogP contribution in [0, 0.1) is 0 Å². The monoisotopic (exact) mass is 1040 g/mol. The molecule has 16 rings (SSSR count). The van der Waals surface area contributed by atoms with E-state index in [1.807, 2.05) is 0 Å². The van der Waals surface area contributed by atoms with Crippen LogP contribution in [0.4, 0.5) is 0 Å². The lowest BCUT2D eigenvalue weighted by molar-refractivity contribution is 0.793. The van der Waals surface area contributed by atoms with Crippen molar-refractivity contribution in [2.45, 2.75) is 5.41 Å². The van der Waals surface area contributed by atoms with Crippen molar-refractivity contribution in [2.75, 3.05) is 0 Å². The second kappa shape index (κ2) is 18.4. The average Bonchev–Trinajstić information content (AvgIpc) is 4.25. The zero-order valence-corrected chi connectivity index (χ0v) is 45.1. The molecule has 0 saturated heterocycles. The molecule has 2 unspecified atom stereocenters. The lowest BCUT2D eigenvalue weighted by atomic mass is 9.70. The van der Waals surface area contributed by atoms with Crippen molar-refractivity contribution < 1.29 is 0 Å². The van der Waals surface area contributed by atoms with Crippen LogP contribution in [-0.4, -0.2) is 0 Å². The Hall–Kier alpha value is -9.28. The second-order valence-corrected chi connectivity index (χ2v) is 25.5. The minimum atomic E-state index is -0.572. The lowest BCUT2D eigenvalue weighted by Gasteiger charge is -2.30. The fraction of sp³-hybridized carbons (Fsp3) is 0.0130. The quantitative estimate of drug-likeness (QED) is 0.133. The highest BCUT2D eigenvalue weighted by Crippen LogP contribution is 2.63. The zero-order valence-electron chi connectivity index (χ0n) is 43.3. The van der Waals surface area contributed by atoms with Gasteiger partial charge in [0.1, 0.15) is 0 Å². The zero-order chi connectivity index (χ0) is 52.0. The molecule has 14 aromatic rings. The van der Waals surface area contributed by atoms with Crippen molar-refractivity contribution in [1.29, 1.82) is 0 Å². The Bertz CT molecular complexity index is 4490. The largest absolute Gasteiger partial charge is 0.0772 e. The Morgan fingerprint density at radius 3 is 1.03 bits per heavy atom. The Labute approximate surface area is 462 Å². The van der Waals surface area contributed by atoms with Crippen LogP contribution >= 0.6 is 15.1 Å². The van der Waals surface area contributed by atoms with Crippen LogP contribution < -0.4 is 0 Å². The van der Waals surface area contributed by atoms with E-state index in [0.29, 0.717) is 0 Å². The molecule has 0 amide bonds. The summed E-state index contributed by atoms with van der Waals surface area (Å²) in [4.78, 5) is 0. The van der Waals surface area contributed by atoms with Gasteiger partial charge in [0.15, 0.2) is 0 Å². The van der Waals surface area contributed by atoms with Crippen LogP contribution in [0.5, 0.6) is 0 Å². The van der Waals surface area contributed by atoms with Gasteiger partial charge >= 0.3 is 0 Å². The van der Waals surface area contributed by atoms with Crippen molar-refractivity contribution in [3.8, 4) is 55.1 Å². The summed E-state index contributed by atoms with van der Waals surface area (Å²) >= 11 is 0. The number of rotatable bonds is 8. The summed E-state index contributed by atoms with van der Waals surface area (Å²) in [5.41, 5.74) is 19.8. The van der Waals surface area contributed by atoms with E-state index in [-0.39, 0.29) is 0 Å². The molecule has 12 aromatic carbocycles. The predicted molar refractivity (Wildman–Crippen MR) is 342 cm³/mol. The molecule has 368 valence electrons. The number of hydrogen-bond acceptors (Lipinski definition) is 0. The Kier molecular flexibility index (Phi) is 10.7. The van der Waals surface area contributed by atoms with Crippen molar-refractivity contribution in [3.05, 3.63) is 324 Å². The first kappa shape index (κ1) is 45.9.